The zero-order valence-electron chi connectivity index (χ0n) is 13.6. The Morgan fingerprint density at radius 1 is 1.41 bits per heavy atom. The summed E-state index contributed by atoms with van der Waals surface area (Å²) in [5.74, 6) is 0.979. The van der Waals surface area contributed by atoms with Crippen LogP contribution in [0.15, 0.2) is 18.2 Å². The fourth-order valence-corrected chi connectivity index (χ4v) is 3.23. The Labute approximate surface area is 135 Å². The predicted molar refractivity (Wildman–Crippen MR) is 91.7 cm³/mol. The number of amides is 2. The van der Waals surface area contributed by atoms with Gasteiger partial charge in [0.1, 0.15) is 0 Å². The fraction of sp³-hybridized carbons (Fsp3) is 0.588. The number of fused-ring (bicyclic) bond motifs is 1. The van der Waals surface area contributed by atoms with E-state index in [0.717, 1.165) is 19.3 Å². The molecule has 2 amide bonds. The minimum absolute atomic E-state index is 0.0783. The minimum Gasteiger partial charge on any atom is -0.337 e. The van der Waals surface area contributed by atoms with Gasteiger partial charge >= 0.3 is 6.03 Å². The molecule has 1 aliphatic carbocycles. The molecule has 2 N–H and O–H groups in total. The van der Waals surface area contributed by atoms with Crippen molar-refractivity contribution in [1.82, 2.24) is 10.6 Å². The van der Waals surface area contributed by atoms with Gasteiger partial charge in [-0.2, -0.15) is 0 Å². The molecular weight excluding hydrogens is 296 g/mol. The molecule has 0 unspecified atom stereocenters. The first-order valence-corrected chi connectivity index (χ1v) is 9.67. The average Bonchev–Trinajstić information content (AvgIpc) is 2.46. The number of aryl methyl sites for hydroxylation is 1. The number of hydrogen-bond donors (Lipinski definition) is 2. The van der Waals surface area contributed by atoms with Crippen LogP contribution in [0, 0.1) is 0 Å². The van der Waals surface area contributed by atoms with E-state index in [1.165, 1.54) is 16.7 Å². The first-order chi connectivity index (χ1) is 10.5. The maximum absolute atomic E-state index is 12.0. The third-order valence-electron chi connectivity index (χ3n) is 4.13. The van der Waals surface area contributed by atoms with E-state index < -0.39 is 10.8 Å². The van der Waals surface area contributed by atoms with Crippen LogP contribution in [0.1, 0.15) is 55.3 Å². The highest BCUT2D eigenvalue weighted by Gasteiger charge is 2.22. The van der Waals surface area contributed by atoms with Crippen LogP contribution >= 0.6 is 0 Å². The van der Waals surface area contributed by atoms with Crippen molar-refractivity contribution >= 4 is 16.8 Å². The third-order valence-corrected chi connectivity index (χ3v) is 4.91. The van der Waals surface area contributed by atoms with Crippen LogP contribution in [0.5, 0.6) is 0 Å². The summed E-state index contributed by atoms with van der Waals surface area (Å²) in [6.45, 7) is 4.82. The molecule has 1 aliphatic rings. The van der Waals surface area contributed by atoms with Crippen molar-refractivity contribution < 1.29 is 9.00 Å². The molecule has 1 aromatic rings. The number of hydrogen-bond acceptors (Lipinski definition) is 2. The largest absolute Gasteiger partial charge is 0.337 e. The lowest BCUT2D eigenvalue weighted by Gasteiger charge is -2.27. The molecule has 5 heteroatoms. The second kappa shape index (κ2) is 7.77. The number of benzene rings is 1. The average molecular weight is 322 g/mol. The predicted octanol–water partition coefficient (Wildman–Crippen LogP) is 2.87. The van der Waals surface area contributed by atoms with Crippen molar-refractivity contribution in [3.63, 3.8) is 0 Å². The van der Waals surface area contributed by atoms with Gasteiger partial charge in [0.15, 0.2) is 0 Å². The van der Waals surface area contributed by atoms with Gasteiger partial charge in [-0.05, 0) is 41.9 Å². The van der Waals surface area contributed by atoms with Crippen LogP contribution in [0.4, 0.5) is 4.79 Å². The van der Waals surface area contributed by atoms with Gasteiger partial charge in [0, 0.05) is 29.4 Å². The third kappa shape index (κ3) is 4.57. The topological polar surface area (TPSA) is 58.2 Å². The Morgan fingerprint density at radius 3 is 2.86 bits per heavy atom. The molecule has 0 saturated carbocycles. The summed E-state index contributed by atoms with van der Waals surface area (Å²) in [6.07, 6.45) is 4.80. The van der Waals surface area contributed by atoms with Crippen LogP contribution in [0.25, 0.3) is 0 Å². The van der Waals surface area contributed by atoms with Crippen LogP contribution in [0.2, 0.25) is 0 Å². The van der Waals surface area contributed by atoms with E-state index in [9.17, 15) is 9.00 Å². The molecule has 2 atom stereocenters. The van der Waals surface area contributed by atoms with Crippen molar-refractivity contribution in [2.75, 3.05) is 18.6 Å². The monoisotopic (exact) mass is 322 g/mol. The minimum atomic E-state index is -0.876. The molecule has 0 radical (unpaired) electrons. The van der Waals surface area contributed by atoms with Gasteiger partial charge in [-0.15, -0.1) is 0 Å². The van der Waals surface area contributed by atoms with E-state index >= 15 is 0 Å². The number of carbonyl (C=O) groups excluding carboxylic acids is 1. The quantitative estimate of drug-likeness (QED) is 0.876. The van der Waals surface area contributed by atoms with Crippen LogP contribution < -0.4 is 10.6 Å². The van der Waals surface area contributed by atoms with Gasteiger partial charge in [0.25, 0.3) is 0 Å². The highest BCUT2D eigenvalue weighted by atomic mass is 32.2. The van der Waals surface area contributed by atoms with E-state index in [2.05, 4.69) is 42.7 Å². The number of nitrogens with one attached hydrogen (secondary N) is 2. The van der Waals surface area contributed by atoms with Crippen molar-refractivity contribution in [2.24, 2.45) is 0 Å². The highest BCUT2D eigenvalue weighted by Crippen LogP contribution is 2.32. The number of carbonyl (C=O) groups is 1. The molecule has 0 aromatic heterocycles. The summed E-state index contributed by atoms with van der Waals surface area (Å²) < 4.78 is 11.0. The Hall–Kier alpha value is -1.36. The summed E-state index contributed by atoms with van der Waals surface area (Å²) in [6, 6.07) is 6.55. The van der Waals surface area contributed by atoms with Crippen LogP contribution in [0.3, 0.4) is 0 Å². The summed E-state index contributed by atoms with van der Waals surface area (Å²) in [7, 11) is -0.876. The number of urea groups is 1. The van der Waals surface area contributed by atoms with Gasteiger partial charge in [0.2, 0.25) is 0 Å². The maximum atomic E-state index is 12.0. The highest BCUT2D eigenvalue weighted by molar-refractivity contribution is 7.84. The zero-order valence-corrected chi connectivity index (χ0v) is 14.5. The molecule has 0 bridgehead atoms. The van der Waals surface area contributed by atoms with Gasteiger partial charge in [0.05, 0.1) is 6.04 Å². The number of rotatable bonds is 5. The molecular formula is C17H26N2O2S. The van der Waals surface area contributed by atoms with Crippen LogP contribution in [-0.2, 0) is 17.2 Å². The van der Waals surface area contributed by atoms with Gasteiger partial charge < -0.3 is 10.6 Å². The second-order valence-electron chi connectivity index (χ2n) is 6.24. The van der Waals surface area contributed by atoms with Crippen LogP contribution in [-0.4, -0.2) is 28.8 Å². The van der Waals surface area contributed by atoms with Gasteiger partial charge in [-0.1, -0.05) is 32.0 Å². The molecule has 0 heterocycles. The van der Waals surface area contributed by atoms with E-state index in [-0.39, 0.29) is 12.1 Å². The van der Waals surface area contributed by atoms with E-state index in [4.69, 9.17) is 0 Å². The summed E-state index contributed by atoms with van der Waals surface area (Å²) in [5.41, 5.74) is 3.91. The lowest BCUT2D eigenvalue weighted by atomic mass is 9.85. The smallest absolute Gasteiger partial charge is 0.315 e. The second-order valence-corrected chi connectivity index (χ2v) is 7.79. The van der Waals surface area contributed by atoms with Crippen molar-refractivity contribution in [3.8, 4) is 0 Å². The lowest BCUT2D eigenvalue weighted by molar-refractivity contribution is 0.236. The Morgan fingerprint density at radius 2 is 2.18 bits per heavy atom. The van der Waals surface area contributed by atoms with E-state index in [1.54, 1.807) is 6.26 Å². The van der Waals surface area contributed by atoms with Crippen molar-refractivity contribution in [2.45, 2.75) is 45.1 Å². The first-order valence-electron chi connectivity index (χ1n) is 7.94. The Bertz CT molecular complexity index is 558. The Balaban J connectivity index is 2.03. The zero-order chi connectivity index (χ0) is 16.1. The van der Waals surface area contributed by atoms with Crippen molar-refractivity contribution in [3.05, 3.63) is 34.9 Å². The standard InChI is InChI=1S/C17H26N2O2S/c1-12(2)14-8-7-13-5-4-6-16(15(13)11-14)19-17(20)18-9-10-22(3)21/h7-8,11-12,16H,4-6,9-10H2,1-3H3,(H2,18,19,20)/t16-,22+/m1/s1. The molecule has 0 spiro atoms. The molecule has 0 aliphatic heterocycles. The molecule has 4 nitrogen and oxygen atoms in total. The van der Waals surface area contributed by atoms with Crippen molar-refractivity contribution in [1.29, 1.82) is 0 Å². The summed E-state index contributed by atoms with van der Waals surface area (Å²) in [5, 5.41) is 5.85. The fourth-order valence-electron chi connectivity index (χ4n) is 2.84. The van der Waals surface area contributed by atoms with E-state index in [1.807, 2.05) is 0 Å². The molecule has 22 heavy (non-hydrogen) atoms. The Kier molecular flexibility index (Phi) is 6.00. The molecule has 122 valence electrons. The normalized spacial score (nSPS) is 18.6. The van der Waals surface area contributed by atoms with E-state index in [0.29, 0.717) is 18.2 Å². The summed E-state index contributed by atoms with van der Waals surface area (Å²) >= 11 is 0. The lowest BCUT2D eigenvalue weighted by Crippen LogP contribution is -2.40. The summed E-state index contributed by atoms with van der Waals surface area (Å²) in [4.78, 5) is 12.0. The van der Waals surface area contributed by atoms with Gasteiger partial charge in [-0.3, -0.25) is 4.21 Å². The molecule has 1 aromatic carbocycles. The SMILES string of the molecule is CC(C)c1ccc2c(c1)[C@H](NC(=O)NCC[S@](C)=O)CCC2. The van der Waals surface area contributed by atoms with Gasteiger partial charge in [-0.25, -0.2) is 4.79 Å². The first kappa shape index (κ1) is 17.0. The molecule has 0 fully saturated rings. The molecule has 2 rings (SSSR count). The molecule has 0 saturated heterocycles. The maximum Gasteiger partial charge on any atom is 0.315 e.